The minimum Gasteiger partial charge on any atom is -0.398 e. The molecule has 1 saturated heterocycles. The SMILES string of the molecule is Cc1c(N)cccc1S(=O)(=O)NCC1CCSCC1. The normalized spacial score (nSPS) is 17.5. The smallest absolute Gasteiger partial charge is 0.240 e. The van der Waals surface area contributed by atoms with Gasteiger partial charge >= 0.3 is 0 Å². The van der Waals surface area contributed by atoms with E-state index in [-0.39, 0.29) is 4.90 Å². The van der Waals surface area contributed by atoms with Crippen LogP contribution in [0.4, 0.5) is 5.69 Å². The van der Waals surface area contributed by atoms with Crippen LogP contribution in [0.25, 0.3) is 0 Å². The van der Waals surface area contributed by atoms with Gasteiger partial charge in [0.25, 0.3) is 0 Å². The molecule has 0 bridgehead atoms. The minimum atomic E-state index is -3.45. The van der Waals surface area contributed by atoms with Crippen LogP contribution in [0.2, 0.25) is 0 Å². The molecule has 1 heterocycles. The predicted octanol–water partition coefficient (Wildman–Crippen LogP) is 2.00. The Morgan fingerprint density at radius 1 is 1.37 bits per heavy atom. The van der Waals surface area contributed by atoms with Crippen LogP contribution in [0.1, 0.15) is 18.4 Å². The Balaban J connectivity index is 2.07. The average Bonchev–Trinajstić information content (AvgIpc) is 2.41. The Labute approximate surface area is 119 Å². The maximum Gasteiger partial charge on any atom is 0.240 e. The second-order valence-corrected chi connectivity index (χ2v) is 7.84. The molecule has 1 aromatic rings. The molecule has 19 heavy (non-hydrogen) atoms. The van der Waals surface area contributed by atoms with E-state index in [4.69, 9.17) is 5.73 Å². The molecule has 0 aliphatic carbocycles. The van der Waals surface area contributed by atoms with E-state index in [2.05, 4.69) is 4.72 Å². The van der Waals surface area contributed by atoms with Crippen LogP contribution >= 0.6 is 11.8 Å². The molecule has 1 fully saturated rings. The van der Waals surface area contributed by atoms with Gasteiger partial charge < -0.3 is 5.73 Å². The Morgan fingerprint density at radius 3 is 2.74 bits per heavy atom. The van der Waals surface area contributed by atoms with Crippen molar-refractivity contribution in [1.29, 1.82) is 0 Å². The van der Waals surface area contributed by atoms with Gasteiger partial charge in [0.2, 0.25) is 10.0 Å². The van der Waals surface area contributed by atoms with E-state index in [1.54, 1.807) is 25.1 Å². The van der Waals surface area contributed by atoms with Gasteiger partial charge in [0.05, 0.1) is 4.90 Å². The molecule has 0 amide bonds. The molecule has 0 atom stereocenters. The number of nitrogen functional groups attached to an aromatic ring is 1. The lowest BCUT2D eigenvalue weighted by Gasteiger charge is -2.21. The van der Waals surface area contributed by atoms with Crippen molar-refractivity contribution in [2.45, 2.75) is 24.7 Å². The van der Waals surface area contributed by atoms with Crippen LogP contribution in [-0.2, 0) is 10.0 Å². The van der Waals surface area contributed by atoms with E-state index in [9.17, 15) is 8.42 Å². The fraction of sp³-hybridized carbons (Fsp3) is 0.538. The van der Waals surface area contributed by atoms with E-state index >= 15 is 0 Å². The maximum absolute atomic E-state index is 12.3. The van der Waals surface area contributed by atoms with Gasteiger partial charge in [0.1, 0.15) is 0 Å². The molecule has 0 spiro atoms. The fourth-order valence-corrected chi connectivity index (χ4v) is 4.77. The van der Waals surface area contributed by atoms with Crippen molar-refractivity contribution >= 4 is 27.5 Å². The van der Waals surface area contributed by atoms with Gasteiger partial charge in [-0.05, 0) is 54.9 Å². The molecule has 106 valence electrons. The molecule has 0 unspecified atom stereocenters. The summed E-state index contributed by atoms with van der Waals surface area (Å²) in [5.74, 6) is 2.71. The van der Waals surface area contributed by atoms with Crippen molar-refractivity contribution in [2.24, 2.45) is 5.92 Å². The molecular weight excluding hydrogens is 280 g/mol. The first-order valence-electron chi connectivity index (χ1n) is 6.43. The van der Waals surface area contributed by atoms with Gasteiger partial charge in [-0.25, -0.2) is 13.1 Å². The van der Waals surface area contributed by atoms with Crippen LogP contribution in [0.15, 0.2) is 23.1 Å². The number of rotatable bonds is 4. The summed E-state index contributed by atoms with van der Waals surface area (Å²) in [4.78, 5) is 0.290. The molecule has 4 nitrogen and oxygen atoms in total. The lowest BCUT2D eigenvalue weighted by atomic mass is 10.0. The van der Waals surface area contributed by atoms with E-state index < -0.39 is 10.0 Å². The monoisotopic (exact) mass is 300 g/mol. The van der Waals surface area contributed by atoms with Gasteiger partial charge in [0.15, 0.2) is 0 Å². The number of hydrogen-bond donors (Lipinski definition) is 2. The second-order valence-electron chi connectivity index (χ2n) is 4.88. The number of benzene rings is 1. The van der Waals surface area contributed by atoms with Crippen molar-refractivity contribution in [3.8, 4) is 0 Å². The zero-order chi connectivity index (χ0) is 13.9. The zero-order valence-corrected chi connectivity index (χ0v) is 12.7. The van der Waals surface area contributed by atoms with E-state index in [0.29, 0.717) is 23.7 Å². The third-order valence-electron chi connectivity index (χ3n) is 3.52. The van der Waals surface area contributed by atoms with Crippen molar-refractivity contribution < 1.29 is 8.42 Å². The van der Waals surface area contributed by atoms with Crippen molar-refractivity contribution in [3.05, 3.63) is 23.8 Å². The van der Waals surface area contributed by atoms with Gasteiger partial charge in [0, 0.05) is 12.2 Å². The van der Waals surface area contributed by atoms with Crippen molar-refractivity contribution in [1.82, 2.24) is 4.72 Å². The molecule has 0 aromatic heterocycles. The maximum atomic E-state index is 12.3. The molecule has 1 aromatic carbocycles. The predicted molar refractivity (Wildman–Crippen MR) is 80.8 cm³/mol. The molecule has 0 saturated carbocycles. The highest BCUT2D eigenvalue weighted by molar-refractivity contribution is 7.99. The number of sulfonamides is 1. The lowest BCUT2D eigenvalue weighted by molar-refractivity contribution is 0.476. The average molecular weight is 300 g/mol. The van der Waals surface area contributed by atoms with Crippen molar-refractivity contribution in [3.63, 3.8) is 0 Å². The lowest BCUT2D eigenvalue weighted by Crippen LogP contribution is -2.31. The Morgan fingerprint density at radius 2 is 2.05 bits per heavy atom. The Bertz CT molecular complexity index is 538. The summed E-state index contributed by atoms with van der Waals surface area (Å²) in [6, 6.07) is 4.99. The van der Waals surface area contributed by atoms with E-state index in [0.717, 1.165) is 24.3 Å². The summed E-state index contributed by atoms with van der Waals surface area (Å²) in [6.45, 7) is 2.26. The summed E-state index contributed by atoms with van der Waals surface area (Å²) < 4.78 is 27.3. The largest absolute Gasteiger partial charge is 0.398 e. The van der Waals surface area contributed by atoms with Crippen molar-refractivity contribution in [2.75, 3.05) is 23.8 Å². The number of thioether (sulfide) groups is 1. The third kappa shape index (κ3) is 3.64. The van der Waals surface area contributed by atoms with Crippen LogP contribution < -0.4 is 10.5 Å². The first-order chi connectivity index (χ1) is 9.00. The highest BCUT2D eigenvalue weighted by Crippen LogP contribution is 2.24. The molecule has 3 N–H and O–H groups in total. The molecule has 2 rings (SSSR count). The summed E-state index contributed by atoms with van der Waals surface area (Å²) in [6.07, 6.45) is 2.17. The first-order valence-corrected chi connectivity index (χ1v) is 9.07. The van der Waals surface area contributed by atoms with E-state index in [1.165, 1.54) is 0 Å². The quantitative estimate of drug-likeness (QED) is 0.834. The molecular formula is C13H20N2O2S2. The standard InChI is InChI=1S/C13H20N2O2S2/c1-10-12(14)3-2-4-13(10)19(16,17)15-9-11-5-7-18-8-6-11/h2-4,11,15H,5-9,14H2,1H3. The number of nitrogens with two attached hydrogens (primary N) is 1. The van der Waals surface area contributed by atoms with E-state index in [1.807, 2.05) is 11.8 Å². The number of anilines is 1. The summed E-state index contributed by atoms with van der Waals surface area (Å²) in [7, 11) is -3.45. The summed E-state index contributed by atoms with van der Waals surface area (Å²) in [5.41, 5.74) is 6.89. The van der Waals surface area contributed by atoms with Gasteiger partial charge in [-0.1, -0.05) is 6.07 Å². The highest BCUT2D eigenvalue weighted by Gasteiger charge is 2.20. The Hall–Kier alpha value is -0.720. The highest BCUT2D eigenvalue weighted by atomic mass is 32.2. The molecule has 1 aliphatic heterocycles. The minimum absolute atomic E-state index is 0.290. The molecule has 1 aliphatic rings. The first kappa shape index (κ1) is 14.7. The van der Waals surface area contributed by atoms with Crippen LogP contribution in [-0.4, -0.2) is 26.5 Å². The molecule has 6 heteroatoms. The number of nitrogens with one attached hydrogen (secondary N) is 1. The summed E-state index contributed by atoms with van der Waals surface area (Å²) >= 11 is 1.94. The second kappa shape index (κ2) is 6.15. The van der Waals surface area contributed by atoms with Crippen LogP contribution in [0.3, 0.4) is 0 Å². The van der Waals surface area contributed by atoms with Gasteiger partial charge in [-0.2, -0.15) is 11.8 Å². The third-order valence-corrected chi connectivity index (χ3v) is 6.14. The van der Waals surface area contributed by atoms with Gasteiger partial charge in [-0.3, -0.25) is 0 Å². The Kier molecular flexibility index (Phi) is 4.76. The number of hydrogen-bond acceptors (Lipinski definition) is 4. The van der Waals surface area contributed by atoms with Crippen LogP contribution in [0.5, 0.6) is 0 Å². The molecule has 0 radical (unpaired) electrons. The van der Waals surface area contributed by atoms with Gasteiger partial charge in [-0.15, -0.1) is 0 Å². The summed E-state index contributed by atoms with van der Waals surface area (Å²) in [5, 5.41) is 0. The topological polar surface area (TPSA) is 72.2 Å². The van der Waals surface area contributed by atoms with Crippen LogP contribution in [0, 0.1) is 12.8 Å². The fourth-order valence-electron chi connectivity index (χ4n) is 2.18. The zero-order valence-electron chi connectivity index (χ0n) is 11.1.